The molecule has 2 aromatic rings. The molecule has 2 atom stereocenters. The van der Waals surface area contributed by atoms with Crippen molar-refractivity contribution in [2.24, 2.45) is 0 Å². The quantitative estimate of drug-likeness (QED) is 0.240. The number of anilines is 1. The third-order valence-corrected chi connectivity index (χ3v) is 6.64. The Morgan fingerprint density at radius 1 is 0.773 bits per heavy atom. The smallest absolute Gasteiger partial charge is 0.410 e. The summed E-state index contributed by atoms with van der Waals surface area (Å²) in [7, 11) is 0. The van der Waals surface area contributed by atoms with Crippen molar-refractivity contribution in [3.05, 3.63) is 69.8 Å². The predicted molar refractivity (Wildman–Crippen MR) is 166 cm³/mol. The maximum Gasteiger partial charge on any atom is 0.410 e. The minimum Gasteiger partial charge on any atom is -0.444 e. The first-order chi connectivity index (χ1) is 20.6. The molecule has 12 heteroatoms. The SMILES string of the molecule is CC(C)(C)OC(=O)N1CCCO[C@@H](c2ccc(N)cc2)C1.CC(C)(C)OC(=O)N1CCCO[C@@H](c2ccc([N+](=O)[O-])cc2)C1. The van der Waals surface area contributed by atoms with E-state index in [2.05, 4.69) is 0 Å². The molecule has 242 valence electrons. The van der Waals surface area contributed by atoms with E-state index in [1.54, 1.807) is 21.9 Å². The molecular weight excluding hydrogens is 568 g/mol. The zero-order valence-electron chi connectivity index (χ0n) is 26.6. The molecule has 2 fully saturated rings. The van der Waals surface area contributed by atoms with Crippen LogP contribution in [0.1, 0.15) is 77.7 Å². The van der Waals surface area contributed by atoms with Crippen LogP contribution in [0.2, 0.25) is 0 Å². The average Bonchev–Trinajstić information content (AvgIpc) is 3.34. The number of nitrogens with zero attached hydrogens (tertiary/aromatic N) is 3. The largest absolute Gasteiger partial charge is 0.444 e. The van der Waals surface area contributed by atoms with Crippen LogP contribution in [0.4, 0.5) is 21.0 Å². The molecule has 0 unspecified atom stereocenters. The van der Waals surface area contributed by atoms with Crippen molar-refractivity contribution in [3.8, 4) is 0 Å². The van der Waals surface area contributed by atoms with E-state index < -0.39 is 16.1 Å². The lowest BCUT2D eigenvalue weighted by Gasteiger charge is -2.28. The number of nitrogen functional groups attached to an aromatic ring is 1. The van der Waals surface area contributed by atoms with Gasteiger partial charge in [-0.15, -0.1) is 0 Å². The second-order valence-corrected chi connectivity index (χ2v) is 12.8. The summed E-state index contributed by atoms with van der Waals surface area (Å²) in [6, 6.07) is 13.8. The molecule has 12 nitrogen and oxygen atoms in total. The number of rotatable bonds is 3. The van der Waals surface area contributed by atoms with Crippen LogP contribution in [0.15, 0.2) is 48.5 Å². The van der Waals surface area contributed by atoms with Crippen molar-refractivity contribution in [2.45, 2.75) is 77.8 Å². The van der Waals surface area contributed by atoms with Gasteiger partial charge in [-0.2, -0.15) is 0 Å². The normalized spacial score (nSPS) is 19.5. The Morgan fingerprint density at radius 2 is 1.16 bits per heavy atom. The molecule has 2 amide bonds. The number of carbonyl (C=O) groups excluding carboxylic acids is 2. The monoisotopic (exact) mass is 614 g/mol. The highest BCUT2D eigenvalue weighted by Crippen LogP contribution is 2.26. The summed E-state index contributed by atoms with van der Waals surface area (Å²) in [5, 5.41) is 10.7. The van der Waals surface area contributed by atoms with Gasteiger partial charge in [-0.25, -0.2) is 9.59 Å². The van der Waals surface area contributed by atoms with Gasteiger partial charge in [0.2, 0.25) is 0 Å². The van der Waals surface area contributed by atoms with Crippen molar-refractivity contribution in [2.75, 3.05) is 45.1 Å². The number of hydrogen-bond donors (Lipinski definition) is 1. The van der Waals surface area contributed by atoms with Gasteiger partial charge in [-0.05, 0) is 89.8 Å². The lowest BCUT2D eigenvalue weighted by atomic mass is 10.1. The minimum atomic E-state index is -0.549. The van der Waals surface area contributed by atoms with Crippen molar-refractivity contribution in [1.82, 2.24) is 9.80 Å². The molecule has 0 bridgehead atoms. The van der Waals surface area contributed by atoms with Gasteiger partial charge in [-0.3, -0.25) is 10.1 Å². The molecule has 2 saturated heterocycles. The summed E-state index contributed by atoms with van der Waals surface area (Å²) in [5.74, 6) is 0. The predicted octanol–water partition coefficient (Wildman–Crippen LogP) is 6.26. The number of amides is 2. The third-order valence-electron chi connectivity index (χ3n) is 6.64. The van der Waals surface area contributed by atoms with Crippen LogP contribution in [-0.4, -0.2) is 77.5 Å². The highest BCUT2D eigenvalue weighted by Gasteiger charge is 2.29. The number of nitro groups is 1. The standard InChI is InChI=1S/C16H22N2O5.C16H24N2O3/c1-16(2,3)23-15(19)17-9-4-10-22-14(11-17)12-5-7-13(8-6-12)18(20)21;1-16(2,3)21-15(19)18-9-4-10-20-14(11-18)12-5-7-13(17)8-6-12/h5-8,14H,4,9-11H2,1-3H3;5-8,14H,4,9-11,17H2,1-3H3/t2*14-/m11/s1. The van der Waals surface area contributed by atoms with Crippen LogP contribution >= 0.6 is 0 Å². The van der Waals surface area contributed by atoms with Gasteiger partial charge >= 0.3 is 12.2 Å². The summed E-state index contributed by atoms with van der Waals surface area (Å²) in [6.07, 6.45) is 0.433. The number of nitro benzene ring substituents is 1. The first-order valence-electron chi connectivity index (χ1n) is 14.9. The Bertz CT molecular complexity index is 1240. The molecule has 0 saturated carbocycles. The maximum atomic E-state index is 12.2. The fourth-order valence-corrected chi connectivity index (χ4v) is 4.56. The van der Waals surface area contributed by atoms with Crippen molar-refractivity contribution < 1.29 is 33.5 Å². The van der Waals surface area contributed by atoms with Crippen LogP contribution in [-0.2, 0) is 18.9 Å². The first-order valence-corrected chi connectivity index (χ1v) is 14.9. The van der Waals surface area contributed by atoms with Gasteiger partial charge < -0.3 is 34.5 Å². The zero-order chi connectivity index (χ0) is 32.5. The second-order valence-electron chi connectivity index (χ2n) is 12.8. The fourth-order valence-electron chi connectivity index (χ4n) is 4.56. The van der Waals surface area contributed by atoms with Crippen LogP contribution in [0.25, 0.3) is 0 Å². The summed E-state index contributed by atoms with van der Waals surface area (Å²) in [4.78, 5) is 38.1. The van der Waals surface area contributed by atoms with Crippen molar-refractivity contribution in [1.29, 1.82) is 0 Å². The number of hydrogen-bond acceptors (Lipinski definition) is 9. The number of non-ortho nitro benzene ring substituents is 1. The van der Waals surface area contributed by atoms with Crippen LogP contribution in [0.5, 0.6) is 0 Å². The van der Waals surface area contributed by atoms with Gasteiger partial charge in [0, 0.05) is 44.1 Å². The molecule has 2 aliphatic heterocycles. The topological polar surface area (TPSA) is 147 Å². The number of benzene rings is 2. The van der Waals surface area contributed by atoms with Crippen molar-refractivity contribution >= 4 is 23.6 Å². The molecule has 2 heterocycles. The molecule has 2 aromatic carbocycles. The first kappa shape index (κ1) is 34.6. The average molecular weight is 615 g/mol. The van der Waals surface area contributed by atoms with Crippen LogP contribution < -0.4 is 5.73 Å². The third kappa shape index (κ3) is 11.3. The van der Waals surface area contributed by atoms with E-state index >= 15 is 0 Å². The summed E-state index contributed by atoms with van der Waals surface area (Å²) < 4.78 is 22.5. The molecule has 0 aliphatic carbocycles. The highest BCUT2D eigenvalue weighted by atomic mass is 16.6. The number of carbonyl (C=O) groups is 2. The van der Waals surface area contributed by atoms with Gasteiger partial charge in [0.1, 0.15) is 23.4 Å². The van der Waals surface area contributed by atoms with E-state index in [0.717, 1.165) is 29.7 Å². The molecule has 0 spiro atoms. The van der Waals surface area contributed by atoms with E-state index in [-0.39, 0.29) is 30.1 Å². The molecule has 2 N–H and O–H groups in total. The Hall–Kier alpha value is -3.90. The second kappa shape index (κ2) is 15.2. The lowest BCUT2D eigenvalue weighted by molar-refractivity contribution is -0.384. The van der Waals surface area contributed by atoms with E-state index in [4.69, 9.17) is 24.7 Å². The fraction of sp³-hybridized carbons (Fsp3) is 0.562. The summed E-state index contributed by atoms with van der Waals surface area (Å²) >= 11 is 0. The van der Waals surface area contributed by atoms with Gasteiger partial charge in [0.25, 0.3) is 5.69 Å². The maximum absolute atomic E-state index is 12.2. The Kier molecular flexibility index (Phi) is 12.0. The van der Waals surface area contributed by atoms with Gasteiger partial charge in [-0.1, -0.05) is 12.1 Å². The Balaban J connectivity index is 0.000000241. The number of nitrogens with two attached hydrogens (primary N) is 1. The van der Waals surface area contributed by atoms with E-state index in [0.29, 0.717) is 39.4 Å². The molecule has 0 aromatic heterocycles. The van der Waals surface area contributed by atoms with E-state index in [1.807, 2.05) is 65.8 Å². The molecule has 4 rings (SSSR count). The summed E-state index contributed by atoms with van der Waals surface area (Å²) in [6.45, 7) is 14.3. The van der Waals surface area contributed by atoms with Crippen molar-refractivity contribution in [3.63, 3.8) is 0 Å². The lowest BCUT2D eigenvalue weighted by Crippen LogP contribution is -2.38. The van der Waals surface area contributed by atoms with Crippen LogP contribution in [0.3, 0.4) is 0 Å². The van der Waals surface area contributed by atoms with E-state index in [1.165, 1.54) is 12.1 Å². The molecule has 0 radical (unpaired) electrons. The van der Waals surface area contributed by atoms with Gasteiger partial charge in [0.05, 0.1) is 18.0 Å². The Labute approximate surface area is 259 Å². The van der Waals surface area contributed by atoms with Crippen LogP contribution in [0, 0.1) is 10.1 Å². The molecular formula is C32H46N4O8. The highest BCUT2D eigenvalue weighted by molar-refractivity contribution is 5.68. The van der Waals surface area contributed by atoms with Gasteiger partial charge in [0.15, 0.2) is 0 Å². The zero-order valence-corrected chi connectivity index (χ0v) is 26.6. The molecule has 2 aliphatic rings. The van der Waals surface area contributed by atoms with E-state index in [9.17, 15) is 19.7 Å². The Morgan fingerprint density at radius 3 is 1.52 bits per heavy atom. The summed E-state index contributed by atoms with van der Waals surface area (Å²) in [5.41, 5.74) is 7.26. The minimum absolute atomic E-state index is 0.0337. The number of ether oxygens (including phenoxy) is 4. The molecule has 44 heavy (non-hydrogen) atoms.